The van der Waals surface area contributed by atoms with Crippen LogP contribution >= 0.6 is 11.6 Å². The lowest BCUT2D eigenvalue weighted by Crippen LogP contribution is -2.51. The lowest BCUT2D eigenvalue weighted by atomic mass is 10.2. The summed E-state index contributed by atoms with van der Waals surface area (Å²) < 4.78 is 5.31. The van der Waals surface area contributed by atoms with Gasteiger partial charge in [0, 0.05) is 12.2 Å². The van der Waals surface area contributed by atoms with Crippen LogP contribution in [0.1, 0.15) is 20.8 Å². The number of ether oxygens (including phenoxy) is 1. The molecule has 18 heavy (non-hydrogen) atoms. The first kappa shape index (κ1) is 14.9. The molecule has 4 N–H and O–H groups in total. The van der Waals surface area contributed by atoms with Crippen LogP contribution in [-0.2, 0) is 4.74 Å². The molecule has 1 saturated heterocycles. The molecule has 0 bridgehead atoms. The van der Waals surface area contributed by atoms with Crippen LogP contribution in [-0.4, -0.2) is 47.1 Å². The van der Waals surface area contributed by atoms with Gasteiger partial charge in [-0.25, -0.2) is 10.6 Å². The van der Waals surface area contributed by atoms with Crippen molar-refractivity contribution >= 4 is 17.7 Å². The molecule has 1 rings (SSSR count). The van der Waals surface area contributed by atoms with E-state index in [0.29, 0.717) is 31.0 Å². The second-order valence-electron chi connectivity index (χ2n) is 5.20. The van der Waals surface area contributed by atoms with Gasteiger partial charge in [0.25, 0.3) is 0 Å². The average molecular weight is 277 g/mol. The molecule has 104 valence electrons. The van der Waals surface area contributed by atoms with Gasteiger partial charge in [-0.05, 0) is 20.8 Å². The maximum absolute atomic E-state index is 11.9. The van der Waals surface area contributed by atoms with Crippen molar-refractivity contribution in [3.05, 3.63) is 11.4 Å². The number of piperazine rings is 1. The zero-order chi connectivity index (χ0) is 13.9. The largest absolute Gasteiger partial charge is 0.444 e. The predicted octanol–water partition coefficient (Wildman–Crippen LogP) is 0.822. The van der Waals surface area contributed by atoms with Gasteiger partial charge in [-0.3, -0.25) is 0 Å². The third-order valence-corrected chi connectivity index (χ3v) is 2.75. The number of nitrogens with two attached hydrogens (primary N) is 2. The average Bonchev–Trinajstić information content (AvgIpc) is 2.26. The summed E-state index contributed by atoms with van der Waals surface area (Å²) >= 11 is 5.68. The van der Waals surface area contributed by atoms with Crippen molar-refractivity contribution in [2.75, 3.05) is 25.5 Å². The van der Waals surface area contributed by atoms with Crippen molar-refractivity contribution < 1.29 is 9.53 Å². The molecule has 1 heterocycles. The second-order valence-corrected chi connectivity index (χ2v) is 5.47. The Morgan fingerprint density at radius 3 is 2.56 bits per heavy atom. The molecule has 0 aromatic heterocycles. The van der Waals surface area contributed by atoms with Gasteiger partial charge in [0.1, 0.15) is 5.60 Å². The van der Waals surface area contributed by atoms with Gasteiger partial charge >= 0.3 is 6.09 Å². The van der Waals surface area contributed by atoms with E-state index in [2.05, 4.69) is 0 Å². The fourth-order valence-electron chi connectivity index (χ4n) is 1.56. The summed E-state index contributed by atoms with van der Waals surface area (Å²) in [6.07, 6.45) is -0.365. The van der Waals surface area contributed by atoms with Gasteiger partial charge in [0.15, 0.2) is 0 Å². The minimum Gasteiger partial charge on any atom is -0.444 e. The molecule has 0 atom stereocenters. The van der Waals surface area contributed by atoms with Gasteiger partial charge < -0.3 is 20.4 Å². The fraction of sp³-hybridized carbons (Fsp3) is 0.727. The first-order valence-corrected chi connectivity index (χ1v) is 6.31. The molecule has 0 aromatic carbocycles. The summed E-state index contributed by atoms with van der Waals surface area (Å²) in [5, 5.41) is 1.53. The molecular weight excluding hydrogens is 256 g/mol. The summed E-state index contributed by atoms with van der Waals surface area (Å²) in [5.74, 6) is 5.99. The highest BCUT2D eigenvalue weighted by atomic mass is 35.5. The number of alkyl halides is 1. The van der Waals surface area contributed by atoms with E-state index in [1.807, 2.05) is 20.8 Å². The summed E-state index contributed by atoms with van der Waals surface area (Å²) in [6, 6.07) is 0. The van der Waals surface area contributed by atoms with E-state index in [9.17, 15) is 4.79 Å². The number of hydrogen-bond donors (Lipinski definition) is 2. The summed E-state index contributed by atoms with van der Waals surface area (Å²) in [4.78, 5) is 13.5. The summed E-state index contributed by atoms with van der Waals surface area (Å²) in [5.41, 5.74) is 6.41. The van der Waals surface area contributed by atoms with Crippen LogP contribution in [0.2, 0.25) is 0 Å². The molecule has 0 unspecified atom stereocenters. The Labute approximate surface area is 112 Å². The molecule has 0 aromatic rings. The molecule has 0 aliphatic carbocycles. The molecule has 1 aliphatic rings. The third kappa shape index (κ3) is 3.96. The Hall–Kier alpha value is -1.14. The lowest BCUT2D eigenvalue weighted by molar-refractivity contribution is 0.0196. The number of halogens is 1. The van der Waals surface area contributed by atoms with Gasteiger partial charge in [0.2, 0.25) is 0 Å². The normalized spacial score (nSPS) is 19.8. The van der Waals surface area contributed by atoms with Crippen LogP contribution in [0.15, 0.2) is 11.4 Å². The van der Waals surface area contributed by atoms with E-state index in [-0.39, 0.29) is 12.0 Å². The monoisotopic (exact) mass is 276 g/mol. The van der Waals surface area contributed by atoms with E-state index in [4.69, 9.17) is 27.9 Å². The summed E-state index contributed by atoms with van der Waals surface area (Å²) in [7, 11) is 0. The van der Waals surface area contributed by atoms with Crippen molar-refractivity contribution in [2.24, 2.45) is 11.6 Å². The Bertz CT molecular complexity index is 351. The second kappa shape index (κ2) is 5.67. The molecular formula is C11H21ClN4O2. The Morgan fingerprint density at radius 1 is 1.44 bits per heavy atom. The van der Waals surface area contributed by atoms with E-state index >= 15 is 0 Å². The standard InChI is InChI=1S/C11H21ClN4O2/c1-11(2,3)18-10(17)15-4-5-16(14)9(7-15)8(13)6-12/h4-7,13-14H2,1-3H3/b9-8-. The van der Waals surface area contributed by atoms with Gasteiger partial charge in [-0.2, -0.15) is 0 Å². The molecule has 0 spiro atoms. The first-order chi connectivity index (χ1) is 8.24. The van der Waals surface area contributed by atoms with Crippen LogP contribution in [0.25, 0.3) is 0 Å². The van der Waals surface area contributed by atoms with Gasteiger partial charge in [-0.15, -0.1) is 11.6 Å². The molecule has 7 heteroatoms. The van der Waals surface area contributed by atoms with E-state index < -0.39 is 5.60 Å². The maximum atomic E-state index is 11.9. The summed E-state index contributed by atoms with van der Waals surface area (Å²) in [6.45, 7) is 6.82. The number of rotatable bonds is 1. The van der Waals surface area contributed by atoms with E-state index in [1.165, 1.54) is 5.01 Å². The van der Waals surface area contributed by atoms with Gasteiger partial charge in [0.05, 0.1) is 24.7 Å². The van der Waals surface area contributed by atoms with Crippen molar-refractivity contribution in [2.45, 2.75) is 26.4 Å². The van der Waals surface area contributed by atoms with Crippen molar-refractivity contribution in [3.8, 4) is 0 Å². The van der Waals surface area contributed by atoms with Crippen LogP contribution in [0.3, 0.4) is 0 Å². The number of carbonyl (C=O) groups excluding carboxylic acids is 1. The molecule has 0 radical (unpaired) electrons. The first-order valence-electron chi connectivity index (χ1n) is 5.78. The highest BCUT2D eigenvalue weighted by Crippen LogP contribution is 2.16. The van der Waals surface area contributed by atoms with Crippen molar-refractivity contribution in [1.82, 2.24) is 9.91 Å². The van der Waals surface area contributed by atoms with Gasteiger partial charge in [-0.1, -0.05) is 0 Å². The number of hydrazine groups is 1. The topological polar surface area (TPSA) is 84.8 Å². The minimum absolute atomic E-state index is 0.186. The smallest absolute Gasteiger partial charge is 0.410 e. The quantitative estimate of drug-likeness (QED) is 0.547. The van der Waals surface area contributed by atoms with Crippen LogP contribution in [0, 0.1) is 0 Å². The minimum atomic E-state index is -0.515. The number of nitrogens with zero attached hydrogens (tertiary/aromatic N) is 2. The SMILES string of the molecule is CC(C)(C)OC(=O)N1CCN(N)/C(=C(\N)CCl)C1. The zero-order valence-corrected chi connectivity index (χ0v) is 11.8. The fourth-order valence-corrected chi connectivity index (χ4v) is 1.71. The molecule has 1 amide bonds. The van der Waals surface area contributed by atoms with Crippen LogP contribution < -0.4 is 11.6 Å². The van der Waals surface area contributed by atoms with E-state index in [0.717, 1.165) is 0 Å². The predicted molar refractivity (Wildman–Crippen MR) is 70.6 cm³/mol. The molecule has 1 aliphatic heterocycles. The zero-order valence-electron chi connectivity index (χ0n) is 11.1. The van der Waals surface area contributed by atoms with Crippen molar-refractivity contribution in [1.29, 1.82) is 0 Å². The van der Waals surface area contributed by atoms with Crippen LogP contribution in [0.5, 0.6) is 0 Å². The highest BCUT2D eigenvalue weighted by Gasteiger charge is 2.28. The molecule has 0 saturated carbocycles. The van der Waals surface area contributed by atoms with Crippen molar-refractivity contribution in [3.63, 3.8) is 0 Å². The Balaban J connectivity index is 2.74. The Kier molecular flexibility index (Phi) is 4.70. The molecule has 1 fully saturated rings. The van der Waals surface area contributed by atoms with E-state index in [1.54, 1.807) is 4.90 Å². The van der Waals surface area contributed by atoms with Crippen LogP contribution in [0.4, 0.5) is 4.79 Å². The molecule has 6 nitrogen and oxygen atoms in total. The number of allylic oxidation sites excluding steroid dienone is 1. The third-order valence-electron chi connectivity index (χ3n) is 2.46. The number of hydrogen-bond acceptors (Lipinski definition) is 5. The number of amides is 1. The lowest BCUT2D eigenvalue weighted by Gasteiger charge is -2.36. The maximum Gasteiger partial charge on any atom is 0.410 e. The Morgan fingerprint density at radius 2 is 2.06 bits per heavy atom. The highest BCUT2D eigenvalue weighted by molar-refractivity contribution is 6.19. The number of carbonyl (C=O) groups is 1.